The molecule has 13 heteroatoms. The first-order valence-corrected chi connectivity index (χ1v) is 9.25. The summed E-state index contributed by atoms with van der Waals surface area (Å²) in [6.07, 6.45) is -12.9. The zero-order chi connectivity index (χ0) is 20.2. The lowest BCUT2D eigenvalue weighted by molar-refractivity contribution is -0.152. The van der Waals surface area contributed by atoms with Crippen molar-refractivity contribution in [2.24, 2.45) is 11.8 Å². The molecule has 1 aliphatic rings. The van der Waals surface area contributed by atoms with Crippen LogP contribution in [0.1, 0.15) is 12.8 Å². The quantitative estimate of drug-likeness (QED) is 0.165. The van der Waals surface area contributed by atoms with Crippen LogP contribution < -0.4 is 0 Å². The van der Waals surface area contributed by atoms with Gasteiger partial charge in [-0.3, -0.25) is 4.55 Å². The molecule has 0 aromatic carbocycles. The van der Waals surface area contributed by atoms with Gasteiger partial charge in [-0.1, -0.05) is 0 Å². The fraction of sp³-hybridized carbons (Fsp3) is 1.00. The maximum absolute atomic E-state index is 10.9. The number of aliphatic hydroxyl groups excluding tert-OH is 8. The Bertz CT molecular complexity index is 527. The average Bonchev–Trinajstić information content (AvgIpc) is 2.55. The molecule has 1 saturated carbocycles. The van der Waals surface area contributed by atoms with Gasteiger partial charge in [0.2, 0.25) is 0 Å². The Balaban J connectivity index is 2.98. The van der Waals surface area contributed by atoms with Gasteiger partial charge >= 0.3 is 10.4 Å². The monoisotopic (exact) mass is 406 g/mol. The van der Waals surface area contributed by atoms with Crippen LogP contribution in [0, 0.1) is 11.8 Å². The fourth-order valence-electron chi connectivity index (χ4n) is 3.17. The van der Waals surface area contributed by atoms with Crippen molar-refractivity contribution in [1.29, 1.82) is 0 Å². The van der Waals surface area contributed by atoms with E-state index in [9.17, 15) is 44.2 Å². The van der Waals surface area contributed by atoms with Gasteiger partial charge in [0.05, 0.1) is 24.9 Å². The number of hydrogen-bond donors (Lipinski definition) is 9. The van der Waals surface area contributed by atoms with Crippen LogP contribution in [0.5, 0.6) is 0 Å². The van der Waals surface area contributed by atoms with Crippen molar-refractivity contribution < 1.29 is 58.0 Å². The Morgan fingerprint density at radius 2 is 1.58 bits per heavy atom. The molecule has 0 spiro atoms. The van der Waals surface area contributed by atoms with E-state index in [1.165, 1.54) is 0 Å². The van der Waals surface area contributed by atoms with Crippen molar-refractivity contribution >= 4 is 10.4 Å². The van der Waals surface area contributed by atoms with E-state index in [0.29, 0.717) is 0 Å². The molecule has 0 bridgehead atoms. The number of rotatable bonds is 9. The lowest BCUT2D eigenvalue weighted by atomic mass is 9.72. The summed E-state index contributed by atoms with van der Waals surface area (Å²) in [5.74, 6) is -1.80. The maximum Gasteiger partial charge on any atom is 0.397 e. The normalized spacial score (nSPS) is 34.9. The molecule has 0 aliphatic heterocycles. The lowest BCUT2D eigenvalue weighted by Gasteiger charge is -2.41. The second-order valence-electron chi connectivity index (χ2n) is 6.42. The summed E-state index contributed by atoms with van der Waals surface area (Å²) in [5, 5.41) is 77.1. The number of aliphatic hydroxyl groups is 8. The molecule has 0 radical (unpaired) electrons. The molecule has 1 aliphatic carbocycles. The largest absolute Gasteiger partial charge is 0.397 e. The summed E-state index contributed by atoms with van der Waals surface area (Å²) >= 11 is 0. The van der Waals surface area contributed by atoms with Crippen LogP contribution >= 0.6 is 0 Å². The van der Waals surface area contributed by atoms with Crippen molar-refractivity contribution in [2.45, 2.75) is 55.6 Å². The van der Waals surface area contributed by atoms with E-state index >= 15 is 0 Å². The Morgan fingerprint density at radius 1 is 1.00 bits per heavy atom. The predicted molar refractivity (Wildman–Crippen MR) is 82.8 cm³/mol. The maximum atomic E-state index is 10.9. The van der Waals surface area contributed by atoms with Crippen LogP contribution in [0.15, 0.2) is 0 Å². The van der Waals surface area contributed by atoms with E-state index in [0.717, 1.165) is 0 Å². The first kappa shape index (κ1) is 23.6. The molecule has 1 fully saturated rings. The second-order valence-corrected chi connectivity index (χ2v) is 7.47. The SMILES string of the molecule is O=S(=O)(O)O[C@@H]([C@H](O)[C@H](O)CO)[C@@H](O)C[C@H]1C[C@@H](O)[C@@H](O)[C@H](O)[C@@H]1CO. The smallest absolute Gasteiger partial charge is 0.396 e. The summed E-state index contributed by atoms with van der Waals surface area (Å²) in [6.45, 7) is -1.61. The van der Waals surface area contributed by atoms with E-state index < -0.39 is 84.6 Å². The summed E-state index contributed by atoms with van der Waals surface area (Å²) < 4.78 is 34.9. The zero-order valence-electron chi connectivity index (χ0n) is 13.7. The van der Waals surface area contributed by atoms with Gasteiger partial charge in [-0.15, -0.1) is 0 Å². The van der Waals surface area contributed by atoms with Gasteiger partial charge in [-0.05, 0) is 18.8 Å². The summed E-state index contributed by atoms with van der Waals surface area (Å²) in [5.41, 5.74) is 0. The van der Waals surface area contributed by atoms with Gasteiger partial charge in [0, 0.05) is 12.5 Å². The Kier molecular flexibility index (Phi) is 8.76. The fourth-order valence-corrected chi connectivity index (χ4v) is 3.70. The van der Waals surface area contributed by atoms with Gasteiger partial charge in [-0.25, -0.2) is 4.18 Å². The molecule has 9 N–H and O–H groups in total. The molecule has 1 rings (SSSR count). The zero-order valence-corrected chi connectivity index (χ0v) is 14.5. The highest BCUT2D eigenvalue weighted by atomic mass is 32.3. The van der Waals surface area contributed by atoms with Gasteiger partial charge in [0.1, 0.15) is 24.4 Å². The Morgan fingerprint density at radius 3 is 2.04 bits per heavy atom. The summed E-state index contributed by atoms with van der Waals surface area (Å²) in [7, 11) is -5.15. The summed E-state index contributed by atoms with van der Waals surface area (Å²) in [4.78, 5) is 0. The third-order valence-corrected chi connectivity index (χ3v) is 5.08. The number of hydrogen-bond acceptors (Lipinski definition) is 11. The van der Waals surface area contributed by atoms with Gasteiger partial charge in [0.25, 0.3) is 0 Å². The molecule has 156 valence electrons. The first-order valence-electron chi connectivity index (χ1n) is 7.88. The predicted octanol–water partition coefficient (Wildman–Crippen LogP) is -4.65. The molecule has 26 heavy (non-hydrogen) atoms. The van der Waals surface area contributed by atoms with Crippen molar-refractivity contribution in [3.63, 3.8) is 0 Å². The van der Waals surface area contributed by atoms with Gasteiger partial charge in [-0.2, -0.15) is 8.42 Å². The first-order chi connectivity index (χ1) is 11.9. The molecule has 0 aromatic heterocycles. The molecule has 0 unspecified atom stereocenters. The van der Waals surface area contributed by atoms with Gasteiger partial charge in [0.15, 0.2) is 0 Å². The highest BCUT2D eigenvalue weighted by molar-refractivity contribution is 7.80. The molecule has 0 saturated heterocycles. The highest BCUT2D eigenvalue weighted by Crippen LogP contribution is 2.35. The third kappa shape index (κ3) is 6.03. The Labute approximate surface area is 149 Å². The van der Waals surface area contributed by atoms with Crippen LogP contribution in [0.4, 0.5) is 0 Å². The second kappa shape index (κ2) is 9.66. The van der Waals surface area contributed by atoms with Crippen LogP contribution in [0.3, 0.4) is 0 Å². The minimum atomic E-state index is -5.15. The Hall–Kier alpha value is -0.450. The minimum absolute atomic E-state index is 0.169. The highest BCUT2D eigenvalue weighted by Gasteiger charge is 2.45. The van der Waals surface area contributed by atoms with E-state index in [1.54, 1.807) is 0 Å². The van der Waals surface area contributed by atoms with Gasteiger partial charge < -0.3 is 40.9 Å². The van der Waals surface area contributed by atoms with E-state index in [-0.39, 0.29) is 6.42 Å². The lowest BCUT2D eigenvalue weighted by Crippen LogP contribution is -2.54. The van der Waals surface area contributed by atoms with E-state index in [4.69, 9.17) is 9.66 Å². The van der Waals surface area contributed by atoms with Crippen LogP contribution in [0.25, 0.3) is 0 Å². The third-order valence-electron chi connectivity index (χ3n) is 4.62. The standard InChI is InChI=1S/C13H26O12S/c14-3-6-5(1-7(16)11(20)10(6)19)2-8(17)13(25-26(22,23)24)12(21)9(18)4-15/h5-21H,1-4H2,(H,22,23,24)/t5-,6-,7-,8+,9-,10-,11-,12-,13-/m1/s1. The molecular weight excluding hydrogens is 380 g/mol. The molecular formula is C13H26O12S. The topological polar surface area (TPSA) is 225 Å². The molecule has 12 nitrogen and oxygen atoms in total. The van der Waals surface area contributed by atoms with Crippen LogP contribution in [0.2, 0.25) is 0 Å². The van der Waals surface area contributed by atoms with Crippen molar-refractivity contribution in [3.8, 4) is 0 Å². The molecule has 0 heterocycles. The molecule has 0 aromatic rings. The summed E-state index contributed by atoms with van der Waals surface area (Å²) in [6, 6.07) is 0. The van der Waals surface area contributed by atoms with Crippen molar-refractivity contribution in [3.05, 3.63) is 0 Å². The van der Waals surface area contributed by atoms with Crippen LogP contribution in [-0.4, -0.2) is 110 Å². The van der Waals surface area contributed by atoms with Crippen LogP contribution in [-0.2, 0) is 14.6 Å². The minimum Gasteiger partial charge on any atom is -0.396 e. The van der Waals surface area contributed by atoms with Crippen molar-refractivity contribution in [1.82, 2.24) is 0 Å². The van der Waals surface area contributed by atoms with Crippen molar-refractivity contribution in [2.75, 3.05) is 13.2 Å². The molecule has 9 atom stereocenters. The van der Waals surface area contributed by atoms with E-state index in [2.05, 4.69) is 4.18 Å². The van der Waals surface area contributed by atoms with E-state index in [1.807, 2.05) is 0 Å². The molecule has 0 amide bonds. The average molecular weight is 406 g/mol.